The maximum absolute atomic E-state index is 13.1. The van der Waals surface area contributed by atoms with Gasteiger partial charge in [0.1, 0.15) is 18.1 Å². The molecule has 1 amide bonds. The molecule has 0 aliphatic carbocycles. The van der Waals surface area contributed by atoms with Crippen LogP contribution in [0.15, 0.2) is 103 Å². The summed E-state index contributed by atoms with van der Waals surface area (Å²) in [4.78, 5) is 26.0. The predicted octanol–water partition coefficient (Wildman–Crippen LogP) is 8.78. The van der Waals surface area contributed by atoms with E-state index in [0.29, 0.717) is 54.3 Å². The summed E-state index contributed by atoms with van der Waals surface area (Å²) >= 11 is 6.62. The number of nitrogens with zero attached hydrogens (tertiary/aromatic N) is 5. The van der Waals surface area contributed by atoms with Gasteiger partial charge in [-0.15, -0.1) is 12.4 Å². The molecular formula is C43H43Cl2N5O4. The molecule has 0 atom stereocenters. The molecule has 3 aromatic carbocycles. The number of aryl methyl sites for hydroxylation is 3. The Hall–Kier alpha value is -5.40. The third-order valence-corrected chi connectivity index (χ3v) is 9.23. The molecule has 1 saturated heterocycles. The molecule has 2 aromatic heterocycles. The van der Waals surface area contributed by atoms with Crippen molar-refractivity contribution in [2.75, 3.05) is 32.8 Å². The fraction of sp³-hybridized carbons (Fsp3) is 0.256. The Morgan fingerprint density at radius 2 is 1.54 bits per heavy atom. The van der Waals surface area contributed by atoms with Crippen molar-refractivity contribution in [3.8, 4) is 29.2 Å². The lowest BCUT2D eigenvalue weighted by molar-refractivity contribution is -0.127. The number of piperazine rings is 1. The molecular weight excluding hydrogens is 721 g/mol. The second-order valence-corrected chi connectivity index (χ2v) is 13.4. The van der Waals surface area contributed by atoms with Crippen molar-refractivity contribution in [3.63, 3.8) is 0 Å². The van der Waals surface area contributed by atoms with Crippen LogP contribution in [0.5, 0.6) is 23.1 Å². The largest absolute Gasteiger partial charge is 0.492 e. The molecule has 0 N–H and O–H groups in total. The number of carbonyl (C=O) groups is 1. The highest BCUT2D eigenvalue weighted by atomic mass is 35.5. The number of hydrogen-bond acceptors (Lipinski definition) is 8. The van der Waals surface area contributed by atoms with Crippen molar-refractivity contribution in [3.05, 3.63) is 147 Å². The van der Waals surface area contributed by atoms with Gasteiger partial charge in [-0.3, -0.25) is 14.7 Å². The van der Waals surface area contributed by atoms with Gasteiger partial charge in [-0.05, 0) is 103 Å². The van der Waals surface area contributed by atoms with Gasteiger partial charge >= 0.3 is 0 Å². The van der Waals surface area contributed by atoms with E-state index in [1.54, 1.807) is 54.9 Å². The molecule has 6 rings (SSSR count). The van der Waals surface area contributed by atoms with Gasteiger partial charge in [-0.1, -0.05) is 48.0 Å². The zero-order valence-corrected chi connectivity index (χ0v) is 32.0. The van der Waals surface area contributed by atoms with Crippen LogP contribution < -0.4 is 14.2 Å². The molecule has 0 unspecified atom stereocenters. The molecule has 1 aliphatic heterocycles. The van der Waals surface area contributed by atoms with Crippen LogP contribution in [0.3, 0.4) is 0 Å². The van der Waals surface area contributed by atoms with Crippen molar-refractivity contribution in [1.82, 2.24) is 19.8 Å². The molecule has 1 fully saturated rings. The van der Waals surface area contributed by atoms with Gasteiger partial charge in [-0.25, -0.2) is 4.98 Å². The number of hydrogen-bond donors (Lipinski definition) is 0. The Kier molecular flexibility index (Phi) is 14.5. The molecule has 1 aliphatic rings. The quantitative estimate of drug-likeness (QED) is 0.0818. The predicted molar refractivity (Wildman–Crippen MR) is 213 cm³/mol. The fourth-order valence-corrected chi connectivity index (χ4v) is 6.23. The van der Waals surface area contributed by atoms with Crippen molar-refractivity contribution in [2.45, 2.75) is 39.8 Å². The maximum atomic E-state index is 13.1. The summed E-state index contributed by atoms with van der Waals surface area (Å²) in [5, 5.41) is 9.38. The number of ether oxygens (including phenoxy) is 3. The third-order valence-electron chi connectivity index (χ3n) is 8.95. The minimum absolute atomic E-state index is 0. The number of amides is 1. The molecule has 0 bridgehead atoms. The van der Waals surface area contributed by atoms with Gasteiger partial charge in [-0.2, -0.15) is 5.26 Å². The molecule has 0 spiro atoms. The van der Waals surface area contributed by atoms with E-state index in [2.05, 4.69) is 45.2 Å². The van der Waals surface area contributed by atoms with E-state index in [1.807, 2.05) is 49.1 Å². The molecule has 3 heterocycles. The molecule has 54 heavy (non-hydrogen) atoms. The Labute approximate surface area is 328 Å². The van der Waals surface area contributed by atoms with Crippen molar-refractivity contribution < 1.29 is 19.0 Å². The lowest BCUT2D eigenvalue weighted by Gasteiger charge is -2.34. The number of carbonyl (C=O) groups excluding carboxylic acids is 1. The van der Waals surface area contributed by atoms with Crippen LogP contribution in [0.4, 0.5) is 0 Å². The molecule has 0 radical (unpaired) electrons. The zero-order valence-electron chi connectivity index (χ0n) is 30.4. The minimum atomic E-state index is -0.0172. The normalized spacial score (nSPS) is 12.9. The van der Waals surface area contributed by atoms with Gasteiger partial charge in [0.15, 0.2) is 5.75 Å². The summed E-state index contributed by atoms with van der Waals surface area (Å²) in [5.41, 5.74) is 6.74. The van der Waals surface area contributed by atoms with Crippen LogP contribution in [-0.2, 0) is 24.4 Å². The third kappa shape index (κ3) is 11.5. The number of halogens is 2. The smallest absolute Gasteiger partial charge is 0.246 e. The lowest BCUT2D eigenvalue weighted by Crippen LogP contribution is -2.47. The highest BCUT2D eigenvalue weighted by Gasteiger charge is 2.20. The van der Waals surface area contributed by atoms with Crippen LogP contribution in [0.2, 0.25) is 5.02 Å². The summed E-state index contributed by atoms with van der Waals surface area (Å²) < 4.78 is 17.6. The first-order valence-electron chi connectivity index (χ1n) is 17.7. The number of aromatic nitrogens is 2. The Morgan fingerprint density at radius 1 is 0.852 bits per heavy atom. The molecule has 5 aromatic rings. The maximum Gasteiger partial charge on any atom is 0.246 e. The van der Waals surface area contributed by atoms with E-state index in [4.69, 9.17) is 31.1 Å². The molecule has 9 nitrogen and oxygen atoms in total. The van der Waals surface area contributed by atoms with E-state index in [9.17, 15) is 4.79 Å². The van der Waals surface area contributed by atoms with Gasteiger partial charge in [0.05, 0.1) is 35.7 Å². The molecule has 278 valence electrons. The minimum Gasteiger partial charge on any atom is -0.492 e. The van der Waals surface area contributed by atoms with Crippen molar-refractivity contribution in [2.24, 2.45) is 0 Å². The Bertz CT molecular complexity index is 2020. The van der Waals surface area contributed by atoms with E-state index >= 15 is 0 Å². The number of pyridine rings is 2. The van der Waals surface area contributed by atoms with Crippen LogP contribution in [0.25, 0.3) is 6.08 Å². The van der Waals surface area contributed by atoms with E-state index < -0.39 is 0 Å². The summed E-state index contributed by atoms with van der Waals surface area (Å²) in [6.07, 6.45) is 8.67. The highest BCUT2D eigenvalue weighted by molar-refractivity contribution is 6.32. The Balaban J connectivity index is 0.00000561. The summed E-state index contributed by atoms with van der Waals surface area (Å²) in [7, 11) is 0. The first-order valence-corrected chi connectivity index (χ1v) is 18.1. The van der Waals surface area contributed by atoms with Crippen LogP contribution in [-0.4, -0.2) is 58.5 Å². The van der Waals surface area contributed by atoms with Gasteiger partial charge in [0.25, 0.3) is 0 Å². The van der Waals surface area contributed by atoms with Gasteiger partial charge in [0.2, 0.25) is 11.8 Å². The van der Waals surface area contributed by atoms with Crippen molar-refractivity contribution >= 4 is 36.0 Å². The topological polar surface area (TPSA) is 101 Å². The SMILES string of the molecule is Cc1ccc(OCCCc2ccc(CN3CCN(C(=O)/C=C/c4cc(C)c(Oc5ccc(OCc6ccc(C#N)cc6)cn5)c(Cl)c4)CC3)cc2)cn1.Cl. The number of nitriles is 1. The number of benzene rings is 3. The van der Waals surface area contributed by atoms with Crippen LogP contribution >= 0.6 is 24.0 Å². The summed E-state index contributed by atoms with van der Waals surface area (Å²) in [6, 6.07) is 29.3. The molecule has 11 heteroatoms. The second kappa shape index (κ2) is 19.6. The summed E-state index contributed by atoms with van der Waals surface area (Å²) in [5.74, 6) is 2.26. The first kappa shape index (κ1) is 39.8. The fourth-order valence-electron chi connectivity index (χ4n) is 5.92. The lowest BCUT2D eigenvalue weighted by atomic mass is 10.1. The first-order chi connectivity index (χ1) is 25.8. The van der Waals surface area contributed by atoms with E-state index in [0.717, 1.165) is 60.6 Å². The van der Waals surface area contributed by atoms with Gasteiger partial charge < -0.3 is 19.1 Å². The highest BCUT2D eigenvalue weighted by Crippen LogP contribution is 2.34. The van der Waals surface area contributed by atoms with Crippen LogP contribution in [0.1, 0.15) is 45.5 Å². The monoisotopic (exact) mass is 763 g/mol. The van der Waals surface area contributed by atoms with E-state index in [-0.39, 0.29) is 18.3 Å². The zero-order chi connectivity index (χ0) is 37.0. The average Bonchev–Trinajstić information content (AvgIpc) is 3.18. The average molecular weight is 765 g/mol. The standard InChI is InChI=1S/C43H42ClN5O4.ClH/c1-31-24-37(25-40(44)43(31)53-41-17-16-39(28-47-41)52-30-36-12-8-34(26-45)9-13-36)14-18-42(50)49-21-19-48(20-22-49)29-35-10-6-33(7-11-35)4-3-23-51-38-15-5-32(2)46-27-38;/h5-18,24-25,27-28H,3-4,19-23,29-30H2,1-2H3;1H/b18-14+;. The Morgan fingerprint density at radius 3 is 2.20 bits per heavy atom. The second-order valence-electron chi connectivity index (χ2n) is 13.0. The summed E-state index contributed by atoms with van der Waals surface area (Å²) in [6.45, 7) is 8.75. The van der Waals surface area contributed by atoms with Crippen molar-refractivity contribution in [1.29, 1.82) is 5.26 Å². The number of rotatable bonds is 14. The molecule has 0 saturated carbocycles. The van der Waals surface area contributed by atoms with Crippen LogP contribution in [0, 0.1) is 25.2 Å². The van der Waals surface area contributed by atoms with E-state index in [1.165, 1.54) is 11.1 Å². The van der Waals surface area contributed by atoms with Gasteiger partial charge in [0, 0.05) is 50.6 Å².